The minimum atomic E-state index is -1.10. The van der Waals surface area contributed by atoms with E-state index in [4.69, 9.17) is 18.9 Å². The highest BCUT2D eigenvalue weighted by atomic mass is 16.7. The zero-order valence-corrected chi connectivity index (χ0v) is 20.1. The SMILES string of the molecule is CC[C@@H]1CC[C@@H](C)C(OC2[C@H](O)C(OC3OC[C@](C)(O)[C@H](CC)[C@H]3O)[C@H](C)C[C@@H]2C)O1. The van der Waals surface area contributed by atoms with Crippen molar-refractivity contribution in [2.75, 3.05) is 6.61 Å². The third-order valence-electron chi connectivity index (χ3n) is 7.78. The van der Waals surface area contributed by atoms with E-state index in [9.17, 15) is 15.3 Å². The molecule has 1 saturated carbocycles. The smallest absolute Gasteiger partial charge is 0.184 e. The highest BCUT2D eigenvalue weighted by molar-refractivity contribution is 4.95. The summed E-state index contributed by atoms with van der Waals surface area (Å²) in [5.74, 6) is 0.160. The van der Waals surface area contributed by atoms with E-state index in [1.807, 2.05) is 6.92 Å². The van der Waals surface area contributed by atoms with Crippen molar-refractivity contribution in [2.45, 2.75) is 122 Å². The second-order valence-electron chi connectivity index (χ2n) is 10.5. The number of rotatable bonds is 6. The fourth-order valence-electron chi connectivity index (χ4n) is 5.71. The summed E-state index contributed by atoms with van der Waals surface area (Å²) in [5, 5.41) is 32.6. The quantitative estimate of drug-likeness (QED) is 0.579. The van der Waals surface area contributed by atoms with Crippen LogP contribution in [0.3, 0.4) is 0 Å². The molecule has 0 aromatic heterocycles. The van der Waals surface area contributed by atoms with Gasteiger partial charge in [-0.15, -0.1) is 0 Å². The number of ether oxygens (including phenoxy) is 4. The Kier molecular flexibility index (Phi) is 8.44. The van der Waals surface area contributed by atoms with Crippen LogP contribution >= 0.6 is 0 Å². The van der Waals surface area contributed by atoms with Crippen molar-refractivity contribution in [2.24, 2.45) is 23.7 Å². The van der Waals surface area contributed by atoms with Crippen LogP contribution in [0.15, 0.2) is 0 Å². The van der Waals surface area contributed by atoms with Gasteiger partial charge in [-0.1, -0.05) is 34.6 Å². The Labute approximate surface area is 187 Å². The molecule has 2 aliphatic heterocycles. The first-order chi connectivity index (χ1) is 14.6. The molecule has 31 heavy (non-hydrogen) atoms. The van der Waals surface area contributed by atoms with Gasteiger partial charge in [0, 0.05) is 11.8 Å². The molecule has 0 bridgehead atoms. The Morgan fingerprint density at radius 2 is 1.48 bits per heavy atom. The van der Waals surface area contributed by atoms with Crippen molar-refractivity contribution < 1.29 is 34.3 Å². The van der Waals surface area contributed by atoms with Crippen molar-refractivity contribution >= 4 is 0 Å². The van der Waals surface area contributed by atoms with Gasteiger partial charge in [-0.05, 0) is 50.9 Å². The summed E-state index contributed by atoms with van der Waals surface area (Å²) in [4.78, 5) is 0. The molecule has 0 spiro atoms. The summed E-state index contributed by atoms with van der Waals surface area (Å²) >= 11 is 0. The summed E-state index contributed by atoms with van der Waals surface area (Å²) in [6.07, 6.45) is 0.748. The normalized spacial score (nSPS) is 51.6. The molecule has 0 amide bonds. The molecule has 2 saturated heterocycles. The number of aliphatic hydroxyl groups is 3. The van der Waals surface area contributed by atoms with E-state index in [0.29, 0.717) is 6.42 Å². The summed E-state index contributed by atoms with van der Waals surface area (Å²) in [7, 11) is 0. The molecule has 1 aliphatic carbocycles. The first-order valence-electron chi connectivity index (χ1n) is 12.2. The van der Waals surface area contributed by atoms with E-state index in [2.05, 4.69) is 27.7 Å². The maximum Gasteiger partial charge on any atom is 0.184 e. The molecular formula is C24H44O7. The maximum atomic E-state index is 11.3. The minimum Gasteiger partial charge on any atom is -0.388 e. The van der Waals surface area contributed by atoms with E-state index in [-0.39, 0.29) is 42.7 Å². The van der Waals surface area contributed by atoms with Gasteiger partial charge in [-0.3, -0.25) is 0 Å². The van der Waals surface area contributed by atoms with Crippen LogP contribution in [0.1, 0.15) is 73.6 Å². The molecule has 0 aromatic carbocycles. The average Bonchev–Trinajstić information content (AvgIpc) is 2.71. The topological polar surface area (TPSA) is 97.6 Å². The standard InChI is InChI=1S/C24H44O7/c1-7-16-10-9-13(3)22(29-16)30-20-14(4)11-15(5)21(19(20)26)31-23-18(25)17(8-2)24(6,27)12-28-23/h13-23,25-27H,7-12H2,1-6H3/t13-,14+,15-,16-,17-,18-,19+,20?,21?,22?,23?,24+/m1/s1. The Balaban J connectivity index is 1.68. The lowest BCUT2D eigenvalue weighted by Gasteiger charge is -2.48. The van der Waals surface area contributed by atoms with Crippen LogP contribution < -0.4 is 0 Å². The van der Waals surface area contributed by atoms with Gasteiger partial charge in [0.05, 0.1) is 30.5 Å². The van der Waals surface area contributed by atoms with Crippen molar-refractivity contribution in [1.82, 2.24) is 0 Å². The van der Waals surface area contributed by atoms with Crippen molar-refractivity contribution in [3.8, 4) is 0 Å². The van der Waals surface area contributed by atoms with Crippen LogP contribution in [0, 0.1) is 23.7 Å². The number of aliphatic hydroxyl groups excluding tert-OH is 2. The predicted molar refractivity (Wildman–Crippen MR) is 116 cm³/mol. The Hall–Kier alpha value is -0.280. The van der Waals surface area contributed by atoms with Gasteiger partial charge in [-0.25, -0.2) is 0 Å². The van der Waals surface area contributed by atoms with Gasteiger partial charge in [0.2, 0.25) is 0 Å². The molecule has 0 radical (unpaired) electrons. The van der Waals surface area contributed by atoms with Crippen LogP contribution in [0.5, 0.6) is 0 Å². The van der Waals surface area contributed by atoms with E-state index in [1.54, 1.807) is 6.92 Å². The molecular weight excluding hydrogens is 400 g/mol. The maximum absolute atomic E-state index is 11.3. The van der Waals surface area contributed by atoms with E-state index in [0.717, 1.165) is 25.7 Å². The zero-order valence-electron chi connectivity index (χ0n) is 20.1. The van der Waals surface area contributed by atoms with Crippen LogP contribution in [0.25, 0.3) is 0 Å². The molecule has 3 aliphatic rings. The summed E-state index contributed by atoms with van der Waals surface area (Å²) < 4.78 is 24.4. The Morgan fingerprint density at radius 1 is 0.871 bits per heavy atom. The van der Waals surface area contributed by atoms with Crippen LogP contribution in [0.2, 0.25) is 0 Å². The molecule has 182 valence electrons. The van der Waals surface area contributed by atoms with E-state index < -0.39 is 36.3 Å². The molecule has 3 rings (SSSR count). The van der Waals surface area contributed by atoms with Crippen LogP contribution in [-0.4, -0.2) is 70.6 Å². The second-order valence-corrected chi connectivity index (χ2v) is 10.5. The van der Waals surface area contributed by atoms with E-state index in [1.165, 1.54) is 0 Å². The predicted octanol–water partition coefficient (Wildman–Crippen LogP) is 2.84. The molecule has 12 atom stereocenters. The average molecular weight is 445 g/mol. The highest BCUT2D eigenvalue weighted by Gasteiger charge is 2.50. The van der Waals surface area contributed by atoms with Crippen molar-refractivity contribution in [3.63, 3.8) is 0 Å². The van der Waals surface area contributed by atoms with Gasteiger partial charge in [-0.2, -0.15) is 0 Å². The molecule has 7 heteroatoms. The lowest BCUT2D eigenvalue weighted by Crippen LogP contribution is -2.60. The number of hydrogen-bond acceptors (Lipinski definition) is 7. The minimum absolute atomic E-state index is 0.0799. The monoisotopic (exact) mass is 444 g/mol. The van der Waals surface area contributed by atoms with Crippen LogP contribution in [0.4, 0.5) is 0 Å². The summed E-state index contributed by atoms with van der Waals surface area (Å²) in [6.45, 7) is 12.1. The summed E-state index contributed by atoms with van der Waals surface area (Å²) in [6, 6.07) is 0. The van der Waals surface area contributed by atoms with Crippen LogP contribution in [-0.2, 0) is 18.9 Å². The third kappa shape index (κ3) is 5.45. The molecule has 3 fully saturated rings. The first kappa shape index (κ1) is 25.3. The Bertz CT molecular complexity index is 570. The fourth-order valence-corrected chi connectivity index (χ4v) is 5.71. The first-order valence-corrected chi connectivity index (χ1v) is 12.2. The fraction of sp³-hybridized carbons (Fsp3) is 1.00. The van der Waals surface area contributed by atoms with Gasteiger partial charge < -0.3 is 34.3 Å². The zero-order chi connectivity index (χ0) is 22.9. The van der Waals surface area contributed by atoms with Gasteiger partial charge in [0.25, 0.3) is 0 Å². The molecule has 4 unspecified atom stereocenters. The molecule has 7 nitrogen and oxygen atoms in total. The van der Waals surface area contributed by atoms with Gasteiger partial charge in [0.1, 0.15) is 12.2 Å². The second kappa shape index (κ2) is 10.3. The molecule has 3 N–H and O–H groups in total. The van der Waals surface area contributed by atoms with Gasteiger partial charge >= 0.3 is 0 Å². The van der Waals surface area contributed by atoms with E-state index >= 15 is 0 Å². The Morgan fingerprint density at radius 3 is 2.06 bits per heavy atom. The van der Waals surface area contributed by atoms with Crippen molar-refractivity contribution in [1.29, 1.82) is 0 Å². The highest BCUT2D eigenvalue weighted by Crippen LogP contribution is 2.39. The van der Waals surface area contributed by atoms with Gasteiger partial charge in [0.15, 0.2) is 12.6 Å². The summed E-state index contributed by atoms with van der Waals surface area (Å²) in [5.41, 5.74) is -1.10. The largest absolute Gasteiger partial charge is 0.388 e. The molecule has 2 heterocycles. The lowest BCUT2D eigenvalue weighted by atomic mass is 9.76. The number of hydrogen-bond donors (Lipinski definition) is 3. The third-order valence-corrected chi connectivity index (χ3v) is 7.78. The van der Waals surface area contributed by atoms with Crippen molar-refractivity contribution in [3.05, 3.63) is 0 Å². The lowest BCUT2D eigenvalue weighted by molar-refractivity contribution is -0.323. The molecule has 0 aromatic rings.